The van der Waals surface area contributed by atoms with Crippen LogP contribution in [0.3, 0.4) is 0 Å². The third-order valence-corrected chi connectivity index (χ3v) is 4.66. The predicted molar refractivity (Wildman–Crippen MR) is 97.9 cm³/mol. The molecule has 1 fully saturated rings. The summed E-state index contributed by atoms with van der Waals surface area (Å²) in [5.74, 6) is -0.711. The smallest absolute Gasteiger partial charge is 0.417 e. The van der Waals surface area contributed by atoms with Crippen LogP contribution in [0.1, 0.15) is 30.9 Å². The molecule has 1 aromatic carbocycles. The fourth-order valence-electron chi connectivity index (χ4n) is 3.14. The number of ether oxygens (including phenoxy) is 2. The average Bonchev–Trinajstić information content (AvgIpc) is 2.68. The molecule has 0 bridgehead atoms. The average molecular weight is 448 g/mol. The van der Waals surface area contributed by atoms with E-state index >= 15 is 0 Å². The highest BCUT2D eigenvalue weighted by Crippen LogP contribution is 2.37. The Morgan fingerprint density at radius 1 is 0.968 bits per heavy atom. The van der Waals surface area contributed by atoms with E-state index < -0.39 is 29.4 Å². The lowest BCUT2D eigenvalue weighted by Crippen LogP contribution is -2.38. The van der Waals surface area contributed by atoms with Crippen molar-refractivity contribution in [2.75, 3.05) is 18.0 Å². The maximum atomic E-state index is 12.9. The van der Waals surface area contributed by atoms with Crippen molar-refractivity contribution < 1.29 is 40.6 Å². The van der Waals surface area contributed by atoms with Gasteiger partial charge in [0.15, 0.2) is 11.5 Å². The molecule has 1 aromatic heterocycles. The van der Waals surface area contributed by atoms with Crippen LogP contribution in [0.2, 0.25) is 0 Å². The van der Waals surface area contributed by atoms with Gasteiger partial charge in [0.05, 0.1) is 11.1 Å². The highest BCUT2D eigenvalue weighted by molar-refractivity contribution is 5.70. The van der Waals surface area contributed by atoms with E-state index in [9.17, 15) is 31.1 Å². The van der Waals surface area contributed by atoms with Crippen molar-refractivity contribution in [1.82, 2.24) is 4.98 Å². The first kappa shape index (κ1) is 22.7. The number of hydrogen-bond acceptors (Lipinski definition) is 5. The second kappa shape index (κ2) is 8.64. The number of carbonyl (C=O) groups is 1. The number of piperidine rings is 1. The summed E-state index contributed by atoms with van der Waals surface area (Å²) in [6.45, 7) is 1.92. The number of anilines is 1. The molecule has 0 amide bonds. The number of nitrogens with zero attached hydrogens (tertiary/aromatic N) is 2. The van der Waals surface area contributed by atoms with Crippen LogP contribution in [0.15, 0.2) is 36.5 Å². The van der Waals surface area contributed by atoms with Gasteiger partial charge >= 0.3 is 18.3 Å². The molecule has 0 spiro atoms. The SMILES string of the molecule is CC(=O)Oc1cc(C(F)(F)F)ccc1OC1CCN(c2ccc(C(F)(F)F)cn2)CC1. The van der Waals surface area contributed by atoms with Gasteiger partial charge in [0.25, 0.3) is 0 Å². The number of carbonyl (C=O) groups excluding carboxylic acids is 1. The van der Waals surface area contributed by atoms with Gasteiger partial charge in [0, 0.05) is 39.1 Å². The van der Waals surface area contributed by atoms with Crippen LogP contribution in [0.5, 0.6) is 11.5 Å². The molecule has 1 aliphatic rings. The Morgan fingerprint density at radius 2 is 1.58 bits per heavy atom. The highest BCUT2D eigenvalue weighted by Gasteiger charge is 2.33. The maximum Gasteiger partial charge on any atom is 0.417 e. The summed E-state index contributed by atoms with van der Waals surface area (Å²) in [6.07, 6.45) is -7.78. The number of pyridine rings is 1. The van der Waals surface area contributed by atoms with Gasteiger partial charge in [-0.25, -0.2) is 4.98 Å². The normalized spacial score (nSPS) is 15.6. The third-order valence-electron chi connectivity index (χ3n) is 4.66. The van der Waals surface area contributed by atoms with Gasteiger partial charge < -0.3 is 14.4 Å². The Kier molecular flexibility index (Phi) is 6.33. The van der Waals surface area contributed by atoms with Crippen molar-refractivity contribution >= 4 is 11.8 Å². The molecule has 0 N–H and O–H groups in total. The molecule has 5 nitrogen and oxygen atoms in total. The molecule has 0 atom stereocenters. The molecule has 0 unspecified atom stereocenters. The van der Waals surface area contributed by atoms with Gasteiger partial charge in [-0.2, -0.15) is 26.3 Å². The number of rotatable bonds is 4. The van der Waals surface area contributed by atoms with E-state index in [4.69, 9.17) is 9.47 Å². The third kappa shape index (κ3) is 5.80. The highest BCUT2D eigenvalue weighted by atomic mass is 19.4. The maximum absolute atomic E-state index is 12.9. The van der Waals surface area contributed by atoms with Crippen LogP contribution in [0, 0.1) is 0 Å². The van der Waals surface area contributed by atoms with Gasteiger partial charge in [0.2, 0.25) is 0 Å². The van der Waals surface area contributed by atoms with E-state index in [1.165, 1.54) is 6.07 Å². The molecule has 168 valence electrons. The molecular weight excluding hydrogens is 430 g/mol. The minimum absolute atomic E-state index is 0.00862. The summed E-state index contributed by atoms with van der Waals surface area (Å²) in [7, 11) is 0. The fourth-order valence-corrected chi connectivity index (χ4v) is 3.14. The standard InChI is InChI=1S/C20H18F6N2O3/c1-12(29)30-17-10-13(19(21,22)23)2-4-16(17)31-15-6-8-28(9-7-15)18-5-3-14(11-27-18)20(24,25)26/h2-5,10-11,15H,6-9H2,1H3. The quantitative estimate of drug-likeness (QED) is 0.371. The Bertz CT molecular complexity index is 920. The fraction of sp³-hybridized carbons (Fsp3) is 0.400. The zero-order chi connectivity index (χ0) is 22.8. The first-order valence-corrected chi connectivity index (χ1v) is 9.28. The predicted octanol–water partition coefficient (Wildman–Crippen LogP) is 5.09. The van der Waals surface area contributed by atoms with E-state index in [2.05, 4.69) is 4.98 Å². The van der Waals surface area contributed by atoms with Crippen LogP contribution in [-0.4, -0.2) is 30.1 Å². The first-order chi connectivity index (χ1) is 14.4. The van der Waals surface area contributed by atoms with E-state index in [-0.39, 0.29) is 17.6 Å². The lowest BCUT2D eigenvalue weighted by molar-refractivity contribution is -0.138. The molecule has 1 saturated heterocycles. The number of benzene rings is 1. The van der Waals surface area contributed by atoms with Crippen molar-refractivity contribution in [3.8, 4) is 11.5 Å². The van der Waals surface area contributed by atoms with E-state index in [1.807, 2.05) is 0 Å². The minimum Gasteiger partial charge on any atom is -0.486 e. The zero-order valence-corrected chi connectivity index (χ0v) is 16.3. The molecular formula is C20H18F6N2O3. The number of esters is 1. The molecule has 1 aliphatic heterocycles. The second-order valence-electron chi connectivity index (χ2n) is 6.96. The first-order valence-electron chi connectivity index (χ1n) is 9.28. The van der Waals surface area contributed by atoms with Crippen LogP contribution in [-0.2, 0) is 17.1 Å². The molecule has 31 heavy (non-hydrogen) atoms. The lowest BCUT2D eigenvalue weighted by Gasteiger charge is -2.33. The number of hydrogen-bond donors (Lipinski definition) is 0. The number of alkyl halides is 6. The Labute approximate surface area is 173 Å². The number of halogens is 6. The van der Waals surface area contributed by atoms with E-state index in [0.717, 1.165) is 31.3 Å². The Hall–Kier alpha value is -2.98. The molecule has 0 saturated carbocycles. The summed E-state index contributed by atoms with van der Waals surface area (Å²) in [5.41, 5.74) is -1.81. The molecule has 3 rings (SSSR count). The minimum atomic E-state index is -4.60. The van der Waals surface area contributed by atoms with Crippen molar-refractivity contribution in [3.63, 3.8) is 0 Å². The van der Waals surface area contributed by atoms with Crippen molar-refractivity contribution in [2.24, 2.45) is 0 Å². The largest absolute Gasteiger partial charge is 0.486 e. The van der Waals surface area contributed by atoms with E-state index in [1.54, 1.807) is 4.90 Å². The van der Waals surface area contributed by atoms with Gasteiger partial charge in [-0.1, -0.05) is 0 Å². The van der Waals surface area contributed by atoms with E-state index in [0.29, 0.717) is 37.8 Å². The van der Waals surface area contributed by atoms with Crippen molar-refractivity contribution in [3.05, 3.63) is 47.7 Å². The van der Waals surface area contributed by atoms with Gasteiger partial charge in [-0.15, -0.1) is 0 Å². The summed E-state index contributed by atoms with van der Waals surface area (Å²) in [5, 5.41) is 0. The molecule has 11 heteroatoms. The van der Waals surface area contributed by atoms with Crippen molar-refractivity contribution in [1.29, 1.82) is 0 Å². The topological polar surface area (TPSA) is 51.7 Å². The summed E-state index contributed by atoms with van der Waals surface area (Å²) < 4.78 is 87.4. The van der Waals surface area contributed by atoms with Crippen LogP contribution in [0.25, 0.3) is 0 Å². The Balaban J connectivity index is 1.66. The zero-order valence-electron chi connectivity index (χ0n) is 16.3. The summed E-state index contributed by atoms with van der Waals surface area (Å²) in [4.78, 5) is 16.9. The number of aromatic nitrogens is 1. The Morgan fingerprint density at radius 3 is 2.10 bits per heavy atom. The second-order valence-corrected chi connectivity index (χ2v) is 6.96. The monoisotopic (exact) mass is 448 g/mol. The molecule has 2 aromatic rings. The molecule has 0 aliphatic carbocycles. The molecule has 2 heterocycles. The summed E-state index contributed by atoms with van der Waals surface area (Å²) >= 11 is 0. The van der Waals surface area contributed by atoms with Crippen molar-refractivity contribution in [2.45, 2.75) is 38.2 Å². The van der Waals surface area contributed by atoms with Gasteiger partial charge in [-0.3, -0.25) is 4.79 Å². The lowest BCUT2D eigenvalue weighted by atomic mass is 10.1. The van der Waals surface area contributed by atoms with Gasteiger partial charge in [0.1, 0.15) is 11.9 Å². The summed E-state index contributed by atoms with van der Waals surface area (Å²) in [6, 6.07) is 4.89. The van der Waals surface area contributed by atoms with Gasteiger partial charge in [-0.05, 0) is 30.3 Å². The molecule has 0 radical (unpaired) electrons. The van der Waals surface area contributed by atoms with Crippen LogP contribution < -0.4 is 14.4 Å². The van der Waals surface area contributed by atoms with Crippen LogP contribution in [0.4, 0.5) is 32.2 Å². The van der Waals surface area contributed by atoms with Crippen LogP contribution >= 0.6 is 0 Å².